The number of hydrogen-bond acceptors (Lipinski definition) is 7. The van der Waals surface area contributed by atoms with E-state index < -0.39 is 18.1 Å². The first-order valence-electron chi connectivity index (χ1n) is 13.7. The van der Waals surface area contributed by atoms with E-state index in [0.717, 1.165) is 68.7 Å². The van der Waals surface area contributed by atoms with Gasteiger partial charge in [-0.05, 0) is 80.7 Å². The Hall–Kier alpha value is -3.17. The van der Waals surface area contributed by atoms with Gasteiger partial charge in [0, 0.05) is 32.4 Å². The molecule has 0 saturated heterocycles. The van der Waals surface area contributed by atoms with Crippen molar-refractivity contribution in [3.63, 3.8) is 0 Å². The van der Waals surface area contributed by atoms with Gasteiger partial charge in [-0.15, -0.1) is 0 Å². The Bertz CT molecular complexity index is 1080. The van der Waals surface area contributed by atoms with Crippen molar-refractivity contribution in [1.29, 1.82) is 0 Å². The molecule has 2 aromatic rings. The van der Waals surface area contributed by atoms with Gasteiger partial charge in [0.1, 0.15) is 18.0 Å². The largest absolute Gasteiger partial charge is 0.480 e. The Morgan fingerprint density at radius 3 is 2.84 bits per heavy atom. The van der Waals surface area contributed by atoms with Crippen molar-refractivity contribution in [2.75, 3.05) is 45.2 Å². The first-order valence-corrected chi connectivity index (χ1v) is 13.7. The lowest BCUT2D eigenvalue weighted by atomic mass is 10.1. The minimum atomic E-state index is -1.06. The first-order chi connectivity index (χ1) is 18.5. The van der Waals surface area contributed by atoms with Crippen LogP contribution in [0.1, 0.15) is 60.6 Å². The summed E-state index contributed by atoms with van der Waals surface area (Å²) < 4.78 is 10.8. The van der Waals surface area contributed by atoms with Crippen molar-refractivity contribution in [1.82, 2.24) is 15.2 Å². The quantitative estimate of drug-likeness (QED) is 0.318. The maximum absolute atomic E-state index is 12.5. The molecule has 0 bridgehead atoms. The number of nitrogens with zero attached hydrogens (tertiary/aromatic N) is 2. The van der Waals surface area contributed by atoms with Crippen LogP contribution < -0.4 is 10.6 Å². The number of anilines is 1. The van der Waals surface area contributed by atoms with Gasteiger partial charge in [-0.25, -0.2) is 14.6 Å². The van der Waals surface area contributed by atoms with Crippen molar-refractivity contribution in [3.05, 3.63) is 58.8 Å². The summed E-state index contributed by atoms with van der Waals surface area (Å²) in [6, 6.07) is 11.2. The number of amides is 1. The third-order valence-corrected chi connectivity index (χ3v) is 7.37. The number of carbonyl (C=O) groups is 2. The molecule has 4 rings (SSSR count). The van der Waals surface area contributed by atoms with Crippen LogP contribution in [0.5, 0.6) is 0 Å². The number of aromatic nitrogens is 1. The highest BCUT2D eigenvalue weighted by atomic mass is 16.6. The molecule has 9 heteroatoms. The number of carboxylic acids is 1. The molecule has 3 N–H and O–H groups in total. The molecule has 1 aliphatic carbocycles. The summed E-state index contributed by atoms with van der Waals surface area (Å²) in [5.41, 5.74) is 4.57. The highest BCUT2D eigenvalue weighted by molar-refractivity contribution is 5.80. The summed E-state index contributed by atoms with van der Waals surface area (Å²) in [6.07, 6.45) is 5.93. The summed E-state index contributed by atoms with van der Waals surface area (Å²) in [6.45, 7) is 3.60. The number of unbranched alkanes of at least 4 members (excludes halogenated alkanes) is 1. The van der Waals surface area contributed by atoms with Crippen LogP contribution >= 0.6 is 0 Å². The monoisotopic (exact) mass is 524 g/mol. The molecular weight excluding hydrogens is 484 g/mol. The number of hydrogen-bond donors (Lipinski definition) is 3. The van der Waals surface area contributed by atoms with E-state index in [1.807, 2.05) is 24.3 Å². The van der Waals surface area contributed by atoms with E-state index in [-0.39, 0.29) is 12.5 Å². The second kappa shape index (κ2) is 14.1. The Labute approximate surface area is 224 Å². The molecule has 0 fully saturated rings. The zero-order valence-corrected chi connectivity index (χ0v) is 22.3. The smallest absolute Gasteiger partial charge is 0.408 e. The van der Waals surface area contributed by atoms with Crippen molar-refractivity contribution < 1.29 is 24.2 Å². The van der Waals surface area contributed by atoms with Gasteiger partial charge in [-0.1, -0.05) is 30.3 Å². The number of carbonyl (C=O) groups excluding carboxylic acids is 1. The van der Waals surface area contributed by atoms with Crippen LogP contribution in [0.15, 0.2) is 36.4 Å². The normalized spacial score (nSPS) is 16.8. The average molecular weight is 525 g/mol. The summed E-state index contributed by atoms with van der Waals surface area (Å²) >= 11 is 0. The van der Waals surface area contributed by atoms with Crippen molar-refractivity contribution >= 4 is 17.9 Å². The lowest BCUT2D eigenvalue weighted by Crippen LogP contribution is -2.44. The van der Waals surface area contributed by atoms with E-state index in [1.54, 1.807) is 7.11 Å². The predicted octanol–water partition coefficient (Wildman–Crippen LogP) is 3.97. The second-order valence-electron chi connectivity index (χ2n) is 10.1. The molecule has 9 nitrogen and oxygen atoms in total. The van der Waals surface area contributed by atoms with Crippen LogP contribution in [0.25, 0.3) is 0 Å². The van der Waals surface area contributed by atoms with Crippen LogP contribution in [0.3, 0.4) is 0 Å². The van der Waals surface area contributed by atoms with E-state index in [2.05, 4.69) is 27.7 Å². The number of nitrogens with one attached hydrogen (secondary N) is 2. The highest BCUT2D eigenvalue weighted by Crippen LogP contribution is 2.33. The maximum Gasteiger partial charge on any atom is 0.408 e. The summed E-state index contributed by atoms with van der Waals surface area (Å²) in [5.74, 6) is -0.0362. The molecule has 1 amide bonds. The number of rotatable bonds is 14. The Morgan fingerprint density at radius 2 is 2.00 bits per heavy atom. The van der Waals surface area contributed by atoms with Crippen molar-refractivity contribution in [3.8, 4) is 0 Å². The number of carboxylic acid groups (broad SMARTS) is 1. The Kier molecular flexibility index (Phi) is 10.3. The molecule has 1 aromatic carbocycles. The molecule has 0 spiro atoms. The first kappa shape index (κ1) is 27.9. The number of methoxy groups -OCH3 is 1. The van der Waals surface area contributed by atoms with Crippen LogP contribution in [0.4, 0.5) is 10.6 Å². The van der Waals surface area contributed by atoms with Gasteiger partial charge in [0.05, 0.1) is 6.61 Å². The number of fused-ring (bicyclic) bond motifs is 2. The SMILES string of the molecule is COCCN(CCCCc1ccc2c(n1)NCCC2)CCC(NC(=O)OC1CCc2ccccc21)C(=O)O. The van der Waals surface area contributed by atoms with E-state index >= 15 is 0 Å². The molecule has 2 aliphatic rings. The number of pyridine rings is 1. The van der Waals surface area contributed by atoms with Gasteiger partial charge >= 0.3 is 12.1 Å². The fraction of sp³-hybridized carbons (Fsp3) is 0.552. The summed E-state index contributed by atoms with van der Waals surface area (Å²) in [7, 11) is 1.66. The number of ether oxygens (including phenoxy) is 2. The molecule has 1 aliphatic heterocycles. The molecule has 0 saturated carbocycles. The lowest BCUT2D eigenvalue weighted by Gasteiger charge is -2.24. The van der Waals surface area contributed by atoms with Gasteiger partial charge in [0.15, 0.2) is 0 Å². The fourth-order valence-electron chi connectivity index (χ4n) is 5.22. The molecule has 0 radical (unpaired) electrons. The zero-order chi connectivity index (χ0) is 26.7. The van der Waals surface area contributed by atoms with Crippen LogP contribution in [0.2, 0.25) is 0 Å². The van der Waals surface area contributed by atoms with Gasteiger partial charge in [0.2, 0.25) is 0 Å². The van der Waals surface area contributed by atoms with E-state index in [0.29, 0.717) is 26.1 Å². The molecule has 206 valence electrons. The second-order valence-corrected chi connectivity index (χ2v) is 10.1. The number of aliphatic carboxylic acids is 1. The van der Waals surface area contributed by atoms with Gasteiger partial charge < -0.3 is 30.1 Å². The minimum absolute atomic E-state index is 0.285. The Balaban J connectivity index is 1.22. The molecule has 38 heavy (non-hydrogen) atoms. The van der Waals surface area contributed by atoms with Crippen molar-refractivity contribution in [2.45, 2.75) is 63.5 Å². The number of benzene rings is 1. The van der Waals surface area contributed by atoms with E-state index in [4.69, 9.17) is 14.5 Å². The van der Waals surface area contributed by atoms with Gasteiger partial charge in [-0.3, -0.25) is 0 Å². The summed E-state index contributed by atoms with van der Waals surface area (Å²) in [5, 5.41) is 15.7. The number of aryl methyl sites for hydroxylation is 3. The third-order valence-electron chi connectivity index (χ3n) is 7.37. The highest BCUT2D eigenvalue weighted by Gasteiger charge is 2.28. The lowest BCUT2D eigenvalue weighted by molar-refractivity contribution is -0.139. The molecule has 2 heterocycles. The van der Waals surface area contributed by atoms with Crippen LogP contribution in [-0.2, 0) is 33.5 Å². The Morgan fingerprint density at radius 1 is 1.13 bits per heavy atom. The average Bonchev–Trinajstić information content (AvgIpc) is 3.33. The third kappa shape index (κ3) is 7.91. The van der Waals surface area contributed by atoms with Gasteiger partial charge in [-0.2, -0.15) is 0 Å². The topological polar surface area (TPSA) is 113 Å². The fourth-order valence-corrected chi connectivity index (χ4v) is 5.22. The standard InChI is InChI=1S/C29H40N4O5/c1-37-20-19-33(17-5-4-9-23-13-11-22-8-6-16-30-27(22)31-23)18-15-25(28(34)35)32-29(36)38-26-14-12-21-7-2-3-10-24(21)26/h2-3,7,10-11,13,25-26H,4-6,8-9,12,14-20H2,1H3,(H,30,31)(H,32,36)(H,34,35). The molecule has 1 aromatic heterocycles. The van der Waals surface area contributed by atoms with Gasteiger partial charge in [0.25, 0.3) is 0 Å². The summed E-state index contributed by atoms with van der Waals surface area (Å²) in [4.78, 5) is 31.4. The predicted molar refractivity (Wildman–Crippen MR) is 145 cm³/mol. The number of alkyl carbamates (subject to hydrolysis) is 1. The maximum atomic E-state index is 12.5. The van der Waals surface area contributed by atoms with Crippen molar-refractivity contribution in [2.24, 2.45) is 0 Å². The van der Waals surface area contributed by atoms with Crippen LogP contribution in [-0.4, -0.2) is 73.0 Å². The molecule has 2 unspecified atom stereocenters. The van der Waals surface area contributed by atoms with E-state index in [9.17, 15) is 14.7 Å². The van der Waals surface area contributed by atoms with Crippen LogP contribution in [0, 0.1) is 0 Å². The van der Waals surface area contributed by atoms with E-state index in [1.165, 1.54) is 11.1 Å². The zero-order valence-electron chi connectivity index (χ0n) is 22.3. The molecule has 2 atom stereocenters. The molecular formula is C29H40N4O5. The minimum Gasteiger partial charge on any atom is -0.480 e.